The molecule has 0 bridgehead atoms. The molecule has 34 heavy (non-hydrogen) atoms. The molecule has 3 rings (SSSR count). The Bertz CT molecular complexity index is 999. The molecule has 1 atom stereocenters. The highest BCUT2D eigenvalue weighted by molar-refractivity contribution is 7.89. The van der Waals surface area contributed by atoms with Gasteiger partial charge in [-0.1, -0.05) is 6.07 Å². The van der Waals surface area contributed by atoms with Gasteiger partial charge < -0.3 is 9.47 Å². The Morgan fingerprint density at radius 1 is 1.21 bits per heavy atom. The van der Waals surface area contributed by atoms with Crippen LogP contribution in [0.3, 0.4) is 0 Å². The molecule has 11 heteroatoms. The fourth-order valence-electron chi connectivity index (χ4n) is 4.34. The normalized spacial score (nSPS) is 19.2. The maximum absolute atomic E-state index is 13.8. The summed E-state index contributed by atoms with van der Waals surface area (Å²) in [6.45, 7) is 2.48. The highest BCUT2D eigenvalue weighted by atomic mass is 35.5. The molecule has 188 valence electrons. The van der Waals surface area contributed by atoms with Crippen molar-refractivity contribution in [3.05, 3.63) is 54.4 Å². The highest BCUT2D eigenvalue weighted by Crippen LogP contribution is 2.34. The van der Waals surface area contributed by atoms with Gasteiger partial charge in [-0.15, -0.1) is 12.4 Å². The zero-order valence-corrected chi connectivity index (χ0v) is 20.9. The minimum absolute atomic E-state index is 0. The Morgan fingerprint density at radius 2 is 1.88 bits per heavy atom. The van der Waals surface area contributed by atoms with Crippen molar-refractivity contribution in [1.82, 2.24) is 14.8 Å². The molecule has 1 aliphatic rings. The largest absolute Gasteiger partial charge is 0.497 e. The molecule has 0 radical (unpaired) electrons. The molecule has 1 amide bonds. The van der Waals surface area contributed by atoms with E-state index in [-0.39, 0.29) is 35.9 Å². The maximum atomic E-state index is 13.8. The van der Waals surface area contributed by atoms with E-state index in [1.165, 1.54) is 23.5 Å². The Kier molecular flexibility index (Phi) is 10.7. The number of carbonyl (C=O) groups is 1. The zero-order chi connectivity index (χ0) is 23.8. The van der Waals surface area contributed by atoms with E-state index in [0.29, 0.717) is 30.8 Å². The van der Waals surface area contributed by atoms with Crippen LogP contribution < -0.4 is 10.2 Å². The number of sulfonamides is 1. The van der Waals surface area contributed by atoms with Crippen molar-refractivity contribution < 1.29 is 27.9 Å². The predicted octanol–water partition coefficient (Wildman–Crippen LogP) is 3.17. The van der Waals surface area contributed by atoms with Crippen molar-refractivity contribution in [3.8, 4) is 5.75 Å². The second-order valence-corrected chi connectivity index (χ2v) is 9.89. The number of ether oxygens (including phenoxy) is 2. The van der Waals surface area contributed by atoms with Crippen LogP contribution in [0.1, 0.15) is 38.2 Å². The summed E-state index contributed by atoms with van der Waals surface area (Å²) >= 11 is 0. The first kappa shape index (κ1) is 28.0. The monoisotopic (exact) mass is 513 g/mol. The molecule has 1 aromatic carbocycles. The molecular weight excluding hydrogens is 482 g/mol. The minimum Gasteiger partial charge on any atom is -0.497 e. The number of benzene rings is 1. The van der Waals surface area contributed by atoms with Crippen molar-refractivity contribution in [2.24, 2.45) is 5.92 Å². The van der Waals surface area contributed by atoms with Gasteiger partial charge in [0.1, 0.15) is 11.8 Å². The summed E-state index contributed by atoms with van der Waals surface area (Å²) in [7, 11) is -2.61. The molecule has 0 unspecified atom stereocenters. The molecular formula is C23H32ClN3O6S. The summed E-state index contributed by atoms with van der Waals surface area (Å²) in [5.41, 5.74) is 2.33. The van der Waals surface area contributed by atoms with Crippen LogP contribution in [0, 0.1) is 5.92 Å². The van der Waals surface area contributed by atoms with Crippen LogP contribution in [0.5, 0.6) is 5.75 Å². The van der Waals surface area contributed by atoms with Crippen LogP contribution in [0.25, 0.3) is 0 Å². The molecule has 0 aliphatic heterocycles. The van der Waals surface area contributed by atoms with Crippen LogP contribution >= 0.6 is 12.4 Å². The van der Waals surface area contributed by atoms with Crippen LogP contribution in [0.4, 0.5) is 0 Å². The molecule has 1 aliphatic carbocycles. The number of halogens is 1. The fraction of sp³-hybridized carbons (Fsp3) is 0.478. The first-order valence-electron chi connectivity index (χ1n) is 11.0. The van der Waals surface area contributed by atoms with Crippen LogP contribution in [0.2, 0.25) is 0 Å². The third-order valence-corrected chi connectivity index (χ3v) is 7.83. The lowest BCUT2D eigenvalue weighted by molar-refractivity contribution is -0.136. The Morgan fingerprint density at radius 3 is 2.41 bits per heavy atom. The number of hydrogen-bond donors (Lipinski definition) is 2. The van der Waals surface area contributed by atoms with E-state index in [0.717, 1.165) is 12.8 Å². The van der Waals surface area contributed by atoms with Gasteiger partial charge in [-0.2, -0.15) is 4.31 Å². The quantitative estimate of drug-likeness (QED) is 0.370. The van der Waals surface area contributed by atoms with Gasteiger partial charge in [0.25, 0.3) is 5.91 Å². The lowest BCUT2D eigenvalue weighted by atomic mass is 9.82. The Labute approximate surface area is 206 Å². The molecule has 9 nitrogen and oxygen atoms in total. The smallest absolute Gasteiger partial charge is 0.262 e. The summed E-state index contributed by atoms with van der Waals surface area (Å²) in [6, 6.07) is 8.39. The fourth-order valence-corrected chi connectivity index (χ4v) is 5.98. The van der Waals surface area contributed by atoms with E-state index < -0.39 is 22.0 Å². The van der Waals surface area contributed by atoms with Crippen molar-refractivity contribution in [1.29, 1.82) is 0 Å². The SMILES string of the molecule is CCOC1CCC([C@H](C(=O)NO)N(Cc2cccnc2)S(=O)(=O)c2ccc(OC)cc2)CC1.Cl. The van der Waals surface area contributed by atoms with E-state index in [1.54, 1.807) is 42.1 Å². The molecule has 1 aromatic heterocycles. The van der Waals surface area contributed by atoms with Crippen molar-refractivity contribution in [2.75, 3.05) is 13.7 Å². The summed E-state index contributed by atoms with van der Waals surface area (Å²) in [5, 5.41) is 9.52. The van der Waals surface area contributed by atoms with Gasteiger partial charge in [0.05, 0.1) is 18.1 Å². The third-order valence-electron chi connectivity index (χ3n) is 5.98. The highest BCUT2D eigenvalue weighted by Gasteiger charge is 2.42. The summed E-state index contributed by atoms with van der Waals surface area (Å²) in [4.78, 5) is 17.0. The lowest BCUT2D eigenvalue weighted by Crippen LogP contribution is -2.53. The Hall–Kier alpha value is -2.24. The van der Waals surface area contributed by atoms with Gasteiger partial charge in [-0.25, -0.2) is 13.9 Å². The number of methoxy groups -OCH3 is 1. The predicted molar refractivity (Wildman–Crippen MR) is 128 cm³/mol. The van der Waals surface area contributed by atoms with E-state index in [2.05, 4.69) is 4.98 Å². The average Bonchev–Trinajstić information content (AvgIpc) is 2.85. The molecule has 1 heterocycles. The first-order valence-corrected chi connectivity index (χ1v) is 12.4. The van der Waals surface area contributed by atoms with Crippen LogP contribution in [-0.4, -0.2) is 54.7 Å². The van der Waals surface area contributed by atoms with E-state index in [9.17, 15) is 18.4 Å². The molecule has 2 aromatic rings. The Balaban J connectivity index is 0.00000408. The number of carbonyl (C=O) groups excluding carboxylic acids is 1. The first-order chi connectivity index (χ1) is 15.9. The van der Waals surface area contributed by atoms with Crippen molar-refractivity contribution in [3.63, 3.8) is 0 Å². The van der Waals surface area contributed by atoms with Gasteiger partial charge in [0, 0.05) is 25.5 Å². The lowest BCUT2D eigenvalue weighted by Gasteiger charge is -2.38. The molecule has 0 saturated heterocycles. The minimum atomic E-state index is -4.10. The second-order valence-electron chi connectivity index (χ2n) is 8.00. The van der Waals surface area contributed by atoms with E-state index in [4.69, 9.17) is 9.47 Å². The van der Waals surface area contributed by atoms with Crippen LogP contribution in [0.15, 0.2) is 53.7 Å². The zero-order valence-electron chi connectivity index (χ0n) is 19.3. The van der Waals surface area contributed by atoms with Crippen LogP contribution in [-0.2, 0) is 26.1 Å². The van der Waals surface area contributed by atoms with Gasteiger partial charge in [0.15, 0.2) is 0 Å². The number of nitrogens with one attached hydrogen (secondary N) is 1. The molecule has 0 spiro atoms. The maximum Gasteiger partial charge on any atom is 0.262 e. The van der Waals surface area contributed by atoms with Gasteiger partial charge >= 0.3 is 0 Å². The molecule has 1 fully saturated rings. The van der Waals surface area contributed by atoms with Crippen molar-refractivity contribution in [2.45, 2.75) is 56.2 Å². The number of nitrogens with zero attached hydrogens (tertiary/aromatic N) is 2. The van der Waals surface area contributed by atoms with Gasteiger partial charge in [0.2, 0.25) is 10.0 Å². The molecule has 1 saturated carbocycles. The summed E-state index contributed by atoms with van der Waals surface area (Å²) in [5.74, 6) is -0.513. The van der Waals surface area contributed by atoms with Gasteiger partial charge in [-0.05, 0) is 74.4 Å². The number of hydroxylamine groups is 1. The number of amides is 1. The van der Waals surface area contributed by atoms with Crippen molar-refractivity contribution >= 4 is 28.3 Å². The standard InChI is InChI=1S/C23H31N3O6S.ClH/c1-3-32-20-8-6-18(7-9-20)22(23(27)25-28)26(16-17-5-4-14-24-15-17)33(29,30)21-12-10-19(31-2)11-13-21;/h4-5,10-15,18,20,22,28H,3,6-9,16H2,1-2H3,(H,25,27);1H/t18?,20?,22-;/m1./s1. The summed E-state index contributed by atoms with van der Waals surface area (Å²) < 4.78 is 39.6. The summed E-state index contributed by atoms with van der Waals surface area (Å²) in [6.07, 6.45) is 5.90. The average molecular weight is 514 g/mol. The van der Waals surface area contributed by atoms with E-state index in [1.807, 2.05) is 6.92 Å². The number of rotatable bonds is 10. The molecule has 2 N–H and O–H groups in total. The second kappa shape index (κ2) is 13.0. The number of hydrogen-bond acceptors (Lipinski definition) is 7. The van der Waals surface area contributed by atoms with E-state index >= 15 is 0 Å². The third kappa shape index (κ3) is 6.67. The number of aromatic nitrogens is 1. The van der Waals surface area contributed by atoms with Gasteiger partial charge in [-0.3, -0.25) is 15.0 Å². The topological polar surface area (TPSA) is 118 Å². The number of pyridine rings is 1.